The van der Waals surface area contributed by atoms with E-state index in [1.54, 1.807) is 50.4 Å². The number of benzene rings is 2. The highest BCUT2D eigenvalue weighted by Gasteiger charge is 2.24. The van der Waals surface area contributed by atoms with Crippen molar-refractivity contribution < 1.29 is 9.53 Å². The molecule has 0 bridgehead atoms. The maximum atomic E-state index is 13.8. The van der Waals surface area contributed by atoms with E-state index in [2.05, 4.69) is 17.2 Å². The van der Waals surface area contributed by atoms with Gasteiger partial charge in [0.15, 0.2) is 0 Å². The third kappa shape index (κ3) is 5.64. The van der Waals surface area contributed by atoms with Crippen molar-refractivity contribution in [1.29, 1.82) is 5.41 Å². The van der Waals surface area contributed by atoms with Crippen LogP contribution in [-0.4, -0.2) is 53.4 Å². The number of nitrogens with zero attached hydrogens (tertiary/aromatic N) is 3. The van der Waals surface area contributed by atoms with Crippen molar-refractivity contribution in [2.45, 2.75) is 13.8 Å². The number of carbonyl (C=O) groups is 1. The lowest BCUT2D eigenvalue weighted by molar-refractivity contribution is -0.111. The summed E-state index contributed by atoms with van der Waals surface area (Å²) in [6.07, 6.45) is 4.70. The van der Waals surface area contributed by atoms with Crippen LogP contribution in [0.25, 0.3) is 11.4 Å². The number of ether oxygens (including phenoxy) is 1. The SMILES string of the molecule is C=CNc1c(C(C)=N)n(-c2ccc(C)c(OC)c2)c(=O)n1-c1cccc(NC(=O)/C=C/CN(C)C)c1. The van der Waals surface area contributed by atoms with Crippen molar-refractivity contribution in [2.75, 3.05) is 38.4 Å². The molecule has 3 aromatic rings. The zero-order valence-corrected chi connectivity index (χ0v) is 21.3. The Morgan fingerprint density at radius 2 is 1.89 bits per heavy atom. The first-order valence-electron chi connectivity index (χ1n) is 11.4. The monoisotopic (exact) mass is 488 g/mol. The van der Waals surface area contributed by atoms with Crippen molar-refractivity contribution in [3.63, 3.8) is 0 Å². The lowest BCUT2D eigenvalue weighted by atomic mass is 10.2. The smallest absolute Gasteiger partial charge is 0.339 e. The molecule has 1 amide bonds. The first kappa shape index (κ1) is 26.2. The summed E-state index contributed by atoms with van der Waals surface area (Å²) in [5, 5.41) is 14.3. The molecule has 2 aromatic carbocycles. The molecule has 0 saturated carbocycles. The van der Waals surface area contributed by atoms with E-state index in [0.29, 0.717) is 40.9 Å². The number of hydrogen-bond acceptors (Lipinski definition) is 6. The highest BCUT2D eigenvalue weighted by molar-refractivity contribution is 6.01. The summed E-state index contributed by atoms with van der Waals surface area (Å²) in [5.41, 5.74) is 2.71. The first-order valence-corrected chi connectivity index (χ1v) is 11.4. The summed E-state index contributed by atoms with van der Waals surface area (Å²) < 4.78 is 8.38. The van der Waals surface area contributed by atoms with Gasteiger partial charge in [-0.15, -0.1) is 0 Å². The Morgan fingerprint density at radius 3 is 2.53 bits per heavy atom. The Bertz CT molecular complexity index is 1380. The molecule has 0 fully saturated rings. The van der Waals surface area contributed by atoms with E-state index in [4.69, 9.17) is 10.1 Å². The van der Waals surface area contributed by atoms with Gasteiger partial charge in [-0.25, -0.2) is 9.36 Å². The molecule has 9 nitrogen and oxygen atoms in total. The second-order valence-corrected chi connectivity index (χ2v) is 8.48. The van der Waals surface area contributed by atoms with Crippen LogP contribution in [0.3, 0.4) is 0 Å². The molecule has 36 heavy (non-hydrogen) atoms. The van der Waals surface area contributed by atoms with Crippen molar-refractivity contribution in [3.05, 3.63) is 89.1 Å². The summed E-state index contributed by atoms with van der Waals surface area (Å²) in [4.78, 5) is 28.1. The van der Waals surface area contributed by atoms with Gasteiger partial charge in [0.1, 0.15) is 17.3 Å². The van der Waals surface area contributed by atoms with Crippen LogP contribution in [0, 0.1) is 12.3 Å². The van der Waals surface area contributed by atoms with E-state index in [1.165, 1.54) is 21.4 Å². The third-order valence-electron chi connectivity index (χ3n) is 5.41. The molecule has 0 aliphatic heterocycles. The van der Waals surface area contributed by atoms with E-state index in [9.17, 15) is 9.59 Å². The predicted molar refractivity (Wildman–Crippen MR) is 145 cm³/mol. The largest absolute Gasteiger partial charge is 0.496 e. The zero-order chi connectivity index (χ0) is 26.4. The second-order valence-electron chi connectivity index (χ2n) is 8.48. The van der Waals surface area contributed by atoms with Gasteiger partial charge in [0.05, 0.1) is 24.2 Å². The average Bonchev–Trinajstić information content (AvgIpc) is 3.11. The Hall–Kier alpha value is -4.37. The van der Waals surface area contributed by atoms with Gasteiger partial charge in [-0.05, 0) is 64.0 Å². The molecule has 0 atom stereocenters. The van der Waals surface area contributed by atoms with Gasteiger partial charge in [0, 0.05) is 24.4 Å². The van der Waals surface area contributed by atoms with Crippen LogP contribution < -0.4 is 21.1 Å². The van der Waals surface area contributed by atoms with Gasteiger partial charge < -0.3 is 25.7 Å². The van der Waals surface area contributed by atoms with Crippen molar-refractivity contribution in [1.82, 2.24) is 14.0 Å². The van der Waals surface area contributed by atoms with Gasteiger partial charge in [-0.2, -0.15) is 0 Å². The molecular formula is C27H32N6O3. The minimum absolute atomic E-state index is 0.185. The molecule has 9 heteroatoms. The van der Waals surface area contributed by atoms with Crippen LogP contribution in [0.5, 0.6) is 5.75 Å². The molecule has 0 aliphatic carbocycles. The fraction of sp³-hybridized carbons (Fsp3) is 0.222. The summed E-state index contributed by atoms with van der Waals surface area (Å²) in [5.74, 6) is 0.744. The summed E-state index contributed by atoms with van der Waals surface area (Å²) in [7, 11) is 5.41. The molecular weight excluding hydrogens is 456 g/mol. The van der Waals surface area contributed by atoms with Crippen molar-refractivity contribution >= 4 is 23.1 Å². The van der Waals surface area contributed by atoms with E-state index in [1.807, 2.05) is 38.1 Å². The molecule has 3 N–H and O–H groups in total. The zero-order valence-electron chi connectivity index (χ0n) is 21.3. The van der Waals surface area contributed by atoms with Crippen LogP contribution in [0.1, 0.15) is 18.2 Å². The molecule has 188 valence electrons. The summed E-state index contributed by atoms with van der Waals surface area (Å²) in [6, 6.07) is 12.4. The van der Waals surface area contributed by atoms with E-state index < -0.39 is 0 Å². The highest BCUT2D eigenvalue weighted by Crippen LogP contribution is 2.27. The molecule has 3 rings (SSSR count). The Morgan fingerprint density at radius 1 is 1.17 bits per heavy atom. The number of imidazole rings is 1. The normalized spacial score (nSPS) is 11.1. The molecule has 0 unspecified atom stereocenters. The predicted octanol–water partition coefficient (Wildman–Crippen LogP) is 3.94. The van der Waals surface area contributed by atoms with Crippen LogP contribution in [0.2, 0.25) is 0 Å². The number of amides is 1. The van der Waals surface area contributed by atoms with E-state index >= 15 is 0 Å². The molecule has 1 aromatic heterocycles. The van der Waals surface area contributed by atoms with Crippen molar-refractivity contribution in [2.24, 2.45) is 0 Å². The number of aromatic nitrogens is 2. The number of hydrogen-bond donors (Lipinski definition) is 3. The lowest BCUT2D eigenvalue weighted by Crippen LogP contribution is -2.24. The minimum Gasteiger partial charge on any atom is -0.496 e. The maximum Gasteiger partial charge on any atom is 0.339 e. The third-order valence-corrected chi connectivity index (χ3v) is 5.41. The van der Waals surface area contributed by atoms with E-state index in [0.717, 1.165) is 5.56 Å². The number of methoxy groups -OCH3 is 1. The fourth-order valence-electron chi connectivity index (χ4n) is 3.78. The van der Waals surface area contributed by atoms with Crippen LogP contribution in [-0.2, 0) is 4.79 Å². The lowest BCUT2D eigenvalue weighted by Gasteiger charge is -2.11. The topological polar surface area (TPSA) is 104 Å². The van der Waals surface area contributed by atoms with Gasteiger partial charge in [0.25, 0.3) is 0 Å². The molecule has 1 heterocycles. The minimum atomic E-state index is -0.388. The summed E-state index contributed by atoms with van der Waals surface area (Å²) >= 11 is 0. The molecule has 0 aliphatic rings. The van der Waals surface area contributed by atoms with Gasteiger partial charge in [-0.3, -0.25) is 9.36 Å². The van der Waals surface area contributed by atoms with Gasteiger partial charge in [-0.1, -0.05) is 24.8 Å². The number of nitrogens with one attached hydrogen (secondary N) is 3. The Kier molecular flexibility index (Phi) is 8.29. The quantitative estimate of drug-likeness (QED) is 0.296. The molecule has 0 saturated heterocycles. The number of carbonyl (C=O) groups excluding carboxylic acids is 1. The van der Waals surface area contributed by atoms with Crippen LogP contribution in [0.15, 0.2) is 72.2 Å². The second kappa shape index (κ2) is 11.4. The summed E-state index contributed by atoms with van der Waals surface area (Å²) in [6.45, 7) is 7.92. The fourth-order valence-corrected chi connectivity index (χ4v) is 3.78. The van der Waals surface area contributed by atoms with Gasteiger partial charge >= 0.3 is 5.69 Å². The Balaban J connectivity index is 2.15. The maximum absolute atomic E-state index is 13.8. The first-order chi connectivity index (χ1) is 17.2. The molecule has 0 radical (unpaired) electrons. The molecule has 0 spiro atoms. The van der Waals surface area contributed by atoms with Crippen LogP contribution >= 0.6 is 0 Å². The Labute approximate surface area is 210 Å². The standard InChI is InChI=1S/C27H32N6O3/c1-7-29-26-25(19(3)28)32(22-14-13-18(2)23(17-22)36-6)27(35)33(26)21-11-8-10-20(16-21)30-24(34)12-9-15-31(4)5/h7-14,16-17,28-29H,1,15H2,2-6H3,(H,30,34)/b12-9+,28-19?. The average molecular weight is 489 g/mol. The number of aryl methyl sites for hydroxylation is 1. The van der Waals surface area contributed by atoms with Crippen molar-refractivity contribution in [3.8, 4) is 17.1 Å². The number of rotatable bonds is 10. The number of anilines is 2. The van der Waals surface area contributed by atoms with E-state index in [-0.39, 0.29) is 17.3 Å². The van der Waals surface area contributed by atoms with Gasteiger partial charge in [0.2, 0.25) is 5.91 Å². The van der Waals surface area contributed by atoms with Crippen LogP contribution in [0.4, 0.5) is 11.5 Å². The number of likely N-dealkylation sites (N-methyl/N-ethyl adjacent to an activating group) is 1. The highest BCUT2D eigenvalue weighted by atomic mass is 16.5.